The largest absolute Gasteiger partial charge is 0.497 e. The standard InChI is InChI=1S/C33H30BrNO6S/c1-31(2)17-26(36)33(27(37)18-31)19-32(3)29(28(33)20-9-13-22(41-4)14-10-20)24-7-5-6-8-25(24)35(30(32)38)42(39,40)23-15-11-21(34)12-16-23/h5-16H,17-19H2,1-4H3. The molecule has 1 saturated carbocycles. The van der Waals surface area contributed by atoms with E-state index in [1.807, 2.05) is 13.8 Å². The number of fused-ring (bicyclic) bond motifs is 3. The molecular weight excluding hydrogens is 618 g/mol. The zero-order valence-electron chi connectivity index (χ0n) is 23.7. The molecule has 2 aliphatic carbocycles. The number of sulfonamides is 1. The lowest BCUT2D eigenvalue weighted by atomic mass is 9.58. The van der Waals surface area contributed by atoms with Gasteiger partial charge in [-0.25, -0.2) is 12.7 Å². The molecule has 0 radical (unpaired) electrons. The Kier molecular flexibility index (Phi) is 6.44. The number of nitrogens with zero attached hydrogens (tertiary/aromatic N) is 1. The van der Waals surface area contributed by atoms with Gasteiger partial charge in [-0.05, 0) is 77.9 Å². The minimum atomic E-state index is -4.34. The molecule has 0 bridgehead atoms. The van der Waals surface area contributed by atoms with Crippen LogP contribution in [0.25, 0.3) is 11.1 Å². The number of halogens is 1. The van der Waals surface area contributed by atoms with Crippen LogP contribution in [0.5, 0.6) is 5.75 Å². The van der Waals surface area contributed by atoms with Gasteiger partial charge in [-0.3, -0.25) is 14.4 Å². The molecule has 1 heterocycles. The fraction of sp³-hybridized carbons (Fsp3) is 0.303. The lowest BCUT2D eigenvalue weighted by Gasteiger charge is -2.42. The maximum Gasteiger partial charge on any atom is 0.270 e. The van der Waals surface area contributed by atoms with Crippen LogP contribution < -0.4 is 9.04 Å². The summed E-state index contributed by atoms with van der Waals surface area (Å²) in [6, 6.07) is 20.0. The van der Waals surface area contributed by atoms with E-state index in [4.69, 9.17) is 4.74 Å². The number of benzene rings is 3. The molecule has 1 fully saturated rings. The van der Waals surface area contributed by atoms with Gasteiger partial charge in [-0.2, -0.15) is 0 Å². The molecule has 9 heteroatoms. The third-order valence-electron chi connectivity index (χ3n) is 8.86. The summed E-state index contributed by atoms with van der Waals surface area (Å²) in [6.07, 6.45) is 0.195. The first-order valence-electron chi connectivity index (χ1n) is 13.7. The second kappa shape index (κ2) is 9.47. The molecule has 3 aromatic rings. The number of rotatable bonds is 4. The summed E-state index contributed by atoms with van der Waals surface area (Å²) in [5.41, 5.74) is -1.25. The Labute approximate surface area is 253 Å². The Balaban J connectivity index is 1.67. The van der Waals surface area contributed by atoms with E-state index >= 15 is 0 Å². The molecule has 1 amide bonds. The van der Waals surface area contributed by atoms with Gasteiger partial charge in [0.05, 0.1) is 23.1 Å². The Hall–Kier alpha value is -3.56. The van der Waals surface area contributed by atoms with Crippen LogP contribution in [0.1, 0.15) is 51.2 Å². The number of amides is 1. The van der Waals surface area contributed by atoms with E-state index < -0.39 is 32.2 Å². The summed E-state index contributed by atoms with van der Waals surface area (Å²) in [7, 11) is -2.79. The highest BCUT2D eigenvalue weighted by molar-refractivity contribution is 9.10. The summed E-state index contributed by atoms with van der Waals surface area (Å²) in [6.45, 7) is 5.46. The lowest BCUT2D eigenvalue weighted by molar-refractivity contribution is -0.145. The van der Waals surface area contributed by atoms with Crippen LogP contribution >= 0.6 is 15.9 Å². The summed E-state index contributed by atoms with van der Waals surface area (Å²) >= 11 is 3.34. The molecule has 0 aromatic heterocycles. The van der Waals surface area contributed by atoms with E-state index in [2.05, 4.69) is 15.9 Å². The van der Waals surface area contributed by atoms with Gasteiger partial charge in [0.25, 0.3) is 15.9 Å². The number of carbonyl (C=O) groups is 3. The van der Waals surface area contributed by atoms with Crippen molar-refractivity contribution in [2.45, 2.75) is 44.9 Å². The minimum Gasteiger partial charge on any atom is -0.497 e. The Morgan fingerprint density at radius 2 is 1.40 bits per heavy atom. The van der Waals surface area contributed by atoms with Crippen molar-refractivity contribution in [3.05, 3.63) is 88.4 Å². The van der Waals surface area contributed by atoms with Crippen molar-refractivity contribution in [1.29, 1.82) is 0 Å². The Bertz CT molecular complexity index is 1790. The quantitative estimate of drug-likeness (QED) is 0.302. The zero-order chi connectivity index (χ0) is 30.2. The first-order valence-corrected chi connectivity index (χ1v) is 15.9. The predicted octanol–water partition coefficient (Wildman–Crippen LogP) is 6.46. The second-order valence-electron chi connectivity index (χ2n) is 12.3. The van der Waals surface area contributed by atoms with Gasteiger partial charge in [0, 0.05) is 22.9 Å². The molecule has 6 rings (SSSR count). The van der Waals surface area contributed by atoms with Crippen molar-refractivity contribution >= 4 is 60.3 Å². The van der Waals surface area contributed by atoms with Gasteiger partial charge in [-0.1, -0.05) is 60.1 Å². The molecule has 216 valence electrons. The molecule has 1 spiro atoms. The molecule has 1 atom stereocenters. The number of Topliss-reactive ketones (excluding diaryl/α,β-unsaturated/α-hetero) is 2. The predicted molar refractivity (Wildman–Crippen MR) is 163 cm³/mol. The van der Waals surface area contributed by atoms with Gasteiger partial charge in [-0.15, -0.1) is 0 Å². The lowest BCUT2D eigenvalue weighted by Crippen LogP contribution is -2.52. The van der Waals surface area contributed by atoms with Gasteiger partial charge < -0.3 is 4.74 Å². The fourth-order valence-electron chi connectivity index (χ4n) is 6.97. The third kappa shape index (κ3) is 3.96. The van der Waals surface area contributed by atoms with Gasteiger partial charge in [0.15, 0.2) is 11.6 Å². The molecule has 1 unspecified atom stereocenters. The number of ether oxygens (including phenoxy) is 1. The molecule has 7 nitrogen and oxygen atoms in total. The maximum atomic E-state index is 14.7. The van der Waals surface area contributed by atoms with Crippen molar-refractivity contribution in [3.8, 4) is 5.75 Å². The Morgan fingerprint density at radius 1 is 0.810 bits per heavy atom. The van der Waals surface area contributed by atoms with E-state index in [9.17, 15) is 22.8 Å². The average molecular weight is 649 g/mol. The first-order chi connectivity index (χ1) is 19.8. The van der Waals surface area contributed by atoms with Crippen molar-refractivity contribution in [2.24, 2.45) is 16.2 Å². The summed E-state index contributed by atoms with van der Waals surface area (Å²) in [4.78, 5) is 43.2. The second-order valence-corrected chi connectivity index (χ2v) is 15.0. The number of hydrogen-bond acceptors (Lipinski definition) is 6. The SMILES string of the molecule is COc1ccc(C2=C3c4ccccc4N(S(=O)(=O)c4ccc(Br)cc4)C(=O)C3(C)CC23C(=O)CC(C)(C)CC3=O)cc1. The molecule has 3 aliphatic rings. The van der Waals surface area contributed by atoms with Crippen LogP contribution in [-0.4, -0.2) is 33.0 Å². The minimum absolute atomic E-state index is 0.0421. The van der Waals surface area contributed by atoms with Crippen molar-refractivity contribution in [1.82, 2.24) is 0 Å². The first kappa shape index (κ1) is 28.6. The van der Waals surface area contributed by atoms with Crippen molar-refractivity contribution in [2.75, 3.05) is 11.4 Å². The summed E-state index contributed by atoms with van der Waals surface area (Å²) in [5.74, 6) is -0.573. The molecular formula is C33H30BrNO6S. The number of methoxy groups -OCH3 is 1. The fourth-order valence-corrected chi connectivity index (χ4v) is 8.76. The summed E-state index contributed by atoms with van der Waals surface area (Å²) < 4.78 is 35.2. The van der Waals surface area contributed by atoms with E-state index in [1.54, 1.807) is 74.7 Å². The van der Waals surface area contributed by atoms with Gasteiger partial charge in [0.2, 0.25) is 0 Å². The molecule has 1 aliphatic heterocycles. The number of hydrogen-bond donors (Lipinski definition) is 0. The third-order valence-corrected chi connectivity index (χ3v) is 11.1. The van der Waals surface area contributed by atoms with Crippen LogP contribution in [0.15, 0.2) is 82.2 Å². The van der Waals surface area contributed by atoms with Crippen LogP contribution in [0, 0.1) is 16.2 Å². The van der Waals surface area contributed by atoms with E-state index in [1.165, 1.54) is 12.1 Å². The van der Waals surface area contributed by atoms with Gasteiger partial charge in [0.1, 0.15) is 11.2 Å². The highest BCUT2D eigenvalue weighted by Crippen LogP contribution is 2.67. The highest BCUT2D eigenvalue weighted by Gasteiger charge is 2.67. The van der Waals surface area contributed by atoms with Crippen molar-refractivity contribution < 1.29 is 27.5 Å². The number of anilines is 1. The number of allylic oxidation sites excluding steroid dienone is 1. The van der Waals surface area contributed by atoms with E-state index in [0.29, 0.717) is 32.5 Å². The van der Waals surface area contributed by atoms with Crippen LogP contribution in [0.3, 0.4) is 0 Å². The van der Waals surface area contributed by atoms with E-state index in [0.717, 1.165) is 4.31 Å². The topological polar surface area (TPSA) is 97.8 Å². The number of para-hydroxylation sites is 1. The van der Waals surface area contributed by atoms with Crippen molar-refractivity contribution in [3.63, 3.8) is 0 Å². The zero-order valence-corrected chi connectivity index (χ0v) is 26.1. The Morgan fingerprint density at radius 3 is 2.00 bits per heavy atom. The van der Waals surface area contributed by atoms with Crippen LogP contribution in [-0.2, 0) is 24.4 Å². The maximum absolute atomic E-state index is 14.7. The summed E-state index contributed by atoms with van der Waals surface area (Å²) in [5, 5.41) is 0. The molecule has 42 heavy (non-hydrogen) atoms. The molecule has 3 aromatic carbocycles. The monoisotopic (exact) mass is 647 g/mol. The average Bonchev–Trinajstić information content (AvgIpc) is 3.24. The van der Waals surface area contributed by atoms with E-state index in [-0.39, 0.29) is 41.4 Å². The smallest absolute Gasteiger partial charge is 0.270 e. The number of carbonyl (C=O) groups excluding carboxylic acids is 3. The van der Waals surface area contributed by atoms with Crippen LogP contribution in [0.4, 0.5) is 5.69 Å². The number of ketones is 2. The molecule has 0 N–H and O–H groups in total. The van der Waals surface area contributed by atoms with Crippen LogP contribution in [0.2, 0.25) is 0 Å². The molecule has 0 saturated heterocycles. The highest BCUT2D eigenvalue weighted by atomic mass is 79.9. The van der Waals surface area contributed by atoms with Gasteiger partial charge >= 0.3 is 0 Å². The normalized spacial score (nSPS) is 22.8.